The molecule has 0 saturated heterocycles. The van der Waals surface area contributed by atoms with Crippen molar-refractivity contribution in [2.45, 2.75) is 19.0 Å². The number of hydrogen-bond acceptors (Lipinski definition) is 4. The number of halogens is 2. The normalized spacial score (nSPS) is 15.0. The third kappa shape index (κ3) is 3.85. The molecule has 0 radical (unpaired) electrons. The second-order valence-corrected chi connectivity index (χ2v) is 7.94. The summed E-state index contributed by atoms with van der Waals surface area (Å²) in [6.45, 7) is 0.271. The molecule has 0 fully saturated rings. The number of hydrogen-bond donors (Lipinski definition) is 1. The molecule has 2 amide bonds. The summed E-state index contributed by atoms with van der Waals surface area (Å²) in [6, 6.07) is 17.0. The van der Waals surface area contributed by atoms with Crippen LogP contribution in [0.15, 0.2) is 66.7 Å². The van der Waals surface area contributed by atoms with Crippen LogP contribution in [0, 0.1) is 11.6 Å². The lowest BCUT2D eigenvalue weighted by Crippen LogP contribution is -2.31. The van der Waals surface area contributed by atoms with E-state index in [1.807, 2.05) is 48.5 Å². The number of amides is 2. The van der Waals surface area contributed by atoms with E-state index in [1.165, 1.54) is 6.07 Å². The monoisotopic (exact) mass is 462 g/mol. The average Bonchev–Trinajstić information content (AvgIpc) is 3.32. The minimum Gasteiger partial charge on any atom is -0.497 e. The number of rotatable bonds is 6. The zero-order valence-corrected chi connectivity index (χ0v) is 18.2. The molecule has 1 aliphatic heterocycles. The van der Waals surface area contributed by atoms with Crippen molar-refractivity contribution in [3.8, 4) is 5.75 Å². The Hall–Kier alpha value is -4.27. The summed E-state index contributed by atoms with van der Waals surface area (Å²) in [5.74, 6) is -1.69. The predicted molar refractivity (Wildman–Crippen MR) is 123 cm³/mol. The van der Waals surface area contributed by atoms with Gasteiger partial charge in [0, 0.05) is 11.8 Å². The summed E-state index contributed by atoms with van der Waals surface area (Å²) in [5, 5.41) is 2.54. The lowest BCUT2D eigenvalue weighted by Gasteiger charge is -2.16. The van der Waals surface area contributed by atoms with Gasteiger partial charge >= 0.3 is 0 Å². The molecule has 9 heteroatoms. The molecule has 5 rings (SSSR count). The molecule has 0 bridgehead atoms. The fourth-order valence-electron chi connectivity index (χ4n) is 4.12. The van der Waals surface area contributed by atoms with Crippen molar-refractivity contribution in [1.82, 2.24) is 9.55 Å². The molecule has 1 aromatic heterocycles. The lowest BCUT2D eigenvalue weighted by molar-refractivity contribution is -0.124. The average molecular weight is 462 g/mol. The number of carbonyl (C=O) groups is 2. The Balaban J connectivity index is 1.44. The van der Waals surface area contributed by atoms with E-state index in [0.717, 1.165) is 23.2 Å². The van der Waals surface area contributed by atoms with Crippen LogP contribution < -0.4 is 15.0 Å². The van der Waals surface area contributed by atoms with E-state index in [-0.39, 0.29) is 24.6 Å². The first-order chi connectivity index (χ1) is 16.4. The van der Waals surface area contributed by atoms with E-state index >= 15 is 0 Å². The van der Waals surface area contributed by atoms with Gasteiger partial charge in [-0.15, -0.1) is 0 Å². The highest BCUT2D eigenvalue weighted by Crippen LogP contribution is 2.37. The first-order valence-corrected chi connectivity index (χ1v) is 10.6. The summed E-state index contributed by atoms with van der Waals surface area (Å²) >= 11 is 0. The number of carbonyl (C=O) groups excluding carboxylic acids is 2. The molecule has 3 aromatic carbocycles. The first-order valence-electron chi connectivity index (χ1n) is 10.6. The van der Waals surface area contributed by atoms with Crippen LogP contribution in [0.4, 0.5) is 20.4 Å². The highest BCUT2D eigenvalue weighted by Gasteiger charge is 2.40. The van der Waals surface area contributed by atoms with Crippen LogP contribution in [0.25, 0.3) is 11.0 Å². The first kappa shape index (κ1) is 21.6. The van der Waals surface area contributed by atoms with Crippen molar-refractivity contribution in [2.75, 3.05) is 17.3 Å². The fraction of sp³-hybridized carbons (Fsp3) is 0.160. The number of aromatic nitrogens is 2. The van der Waals surface area contributed by atoms with Crippen LogP contribution in [0.2, 0.25) is 0 Å². The Bertz CT molecular complexity index is 1400. The third-order valence-electron chi connectivity index (χ3n) is 5.76. The quantitative estimate of drug-likeness (QED) is 0.460. The number of anilines is 2. The van der Waals surface area contributed by atoms with Crippen LogP contribution in [0.3, 0.4) is 0 Å². The van der Waals surface area contributed by atoms with E-state index in [1.54, 1.807) is 16.6 Å². The van der Waals surface area contributed by atoms with Gasteiger partial charge in [0.2, 0.25) is 11.9 Å². The van der Waals surface area contributed by atoms with Crippen molar-refractivity contribution >= 4 is 34.5 Å². The van der Waals surface area contributed by atoms with Gasteiger partial charge in [-0.25, -0.2) is 13.8 Å². The van der Waals surface area contributed by atoms with Gasteiger partial charge in [-0.1, -0.05) is 24.3 Å². The molecule has 0 unspecified atom stereocenters. The van der Waals surface area contributed by atoms with Gasteiger partial charge in [0.1, 0.15) is 11.8 Å². The topological polar surface area (TPSA) is 76.5 Å². The Morgan fingerprint density at radius 2 is 1.82 bits per heavy atom. The van der Waals surface area contributed by atoms with Gasteiger partial charge in [-0.2, -0.15) is 0 Å². The van der Waals surface area contributed by atoms with Crippen molar-refractivity contribution in [3.05, 3.63) is 83.9 Å². The Morgan fingerprint density at radius 1 is 1.06 bits per heavy atom. The van der Waals surface area contributed by atoms with E-state index in [9.17, 15) is 18.4 Å². The lowest BCUT2D eigenvalue weighted by atomic mass is 10.1. The Kier molecular flexibility index (Phi) is 5.45. The molecular formula is C25H20F2N4O3. The van der Waals surface area contributed by atoms with Gasteiger partial charge < -0.3 is 10.1 Å². The molecule has 4 aromatic rings. The van der Waals surface area contributed by atoms with Gasteiger partial charge in [0.05, 0.1) is 31.1 Å². The molecule has 1 aliphatic rings. The summed E-state index contributed by atoms with van der Waals surface area (Å²) in [6.07, 6.45) is -0.190. The van der Waals surface area contributed by atoms with Gasteiger partial charge in [-0.3, -0.25) is 19.1 Å². The third-order valence-corrected chi connectivity index (χ3v) is 5.76. The number of benzene rings is 3. The zero-order chi connectivity index (χ0) is 23.8. The minimum atomic E-state index is -1.07. The van der Waals surface area contributed by atoms with Crippen LogP contribution in [-0.4, -0.2) is 28.5 Å². The van der Waals surface area contributed by atoms with Crippen molar-refractivity contribution < 1.29 is 23.1 Å². The largest absolute Gasteiger partial charge is 0.497 e. The van der Waals surface area contributed by atoms with Crippen molar-refractivity contribution in [3.63, 3.8) is 0 Å². The second-order valence-electron chi connectivity index (χ2n) is 7.94. The number of nitrogens with one attached hydrogen (secondary N) is 1. The highest BCUT2D eigenvalue weighted by molar-refractivity contribution is 6.05. The fourth-order valence-corrected chi connectivity index (χ4v) is 4.12. The summed E-state index contributed by atoms with van der Waals surface area (Å²) in [5.41, 5.74) is 2.42. The molecule has 172 valence electrons. The maximum atomic E-state index is 13.5. The van der Waals surface area contributed by atoms with E-state index in [4.69, 9.17) is 4.74 Å². The number of fused-ring (bicyclic) bond motifs is 3. The van der Waals surface area contributed by atoms with Gasteiger partial charge in [0.15, 0.2) is 11.6 Å². The molecule has 7 nitrogen and oxygen atoms in total. The number of methoxy groups -OCH3 is 1. The number of imidazole rings is 1. The van der Waals surface area contributed by atoms with E-state index in [2.05, 4.69) is 10.3 Å². The van der Waals surface area contributed by atoms with Crippen LogP contribution in [0.1, 0.15) is 18.0 Å². The Labute approximate surface area is 193 Å². The van der Waals surface area contributed by atoms with E-state index in [0.29, 0.717) is 17.2 Å². The highest BCUT2D eigenvalue weighted by atomic mass is 19.2. The molecule has 0 saturated carbocycles. The molecule has 2 heterocycles. The van der Waals surface area contributed by atoms with Gasteiger partial charge in [0.25, 0.3) is 5.91 Å². The standard InChI is InChI=1S/C25H20F2N4O3/c1-34-17-9-6-15(7-10-17)14-30-24(33)22(31-21-5-3-2-4-20(21)29-25(30)31)13-23(32)28-16-8-11-18(26)19(27)12-16/h2-12,22H,13-14H2,1H3,(H,28,32)/t22-/m1/s1. The second kappa shape index (κ2) is 8.58. The maximum absolute atomic E-state index is 13.5. The van der Waals surface area contributed by atoms with Crippen molar-refractivity contribution in [1.29, 1.82) is 0 Å². The summed E-state index contributed by atoms with van der Waals surface area (Å²) < 4.78 is 33.7. The van der Waals surface area contributed by atoms with Crippen LogP contribution >= 0.6 is 0 Å². The molecule has 1 N–H and O–H groups in total. The molecule has 0 spiro atoms. The molecule has 1 atom stereocenters. The SMILES string of the molecule is COc1ccc(CN2C(=O)[C@@H](CC(=O)Nc3ccc(F)c(F)c3)n3c2nc2ccccc23)cc1. The maximum Gasteiger partial charge on any atom is 0.253 e. The molecule has 34 heavy (non-hydrogen) atoms. The smallest absolute Gasteiger partial charge is 0.253 e. The summed E-state index contributed by atoms with van der Waals surface area (Å²) in [4.78, 5) is 32.4. The predicted octanol–water partition coefficient (Wildman–Crippen LogP) is 4.44. The zero-order valence-electron chi connectivity index (χ0n) is 18.2. The number of nitrogens with zero attached hydrogens (tertiary/aromatic N) is 3. The van der Waals surface area contributed by atoms with Gasteiger partial charge in [-0.05, 0) is 42.0 Å². The molecular weight excluding hydrogens is 442 g/mol. The van der Waals surface area contributed by atoms with Crippen LogP contribution in [-0.2, 0) is 16.1 Å². The number of para-hydroxylation sites is 2. The number of ether oxygens (including phenoxy) is 1. The van der Waals surface area contributed by atoms with E-state index < -0.39 is 23.6 Å². The Morgan fingerprint density at radius 3 is 2.56 bits per heavy atom. The summed E-state index contributed by atoms with van der Waals surface area (Å²) in [7, 11) is 1.58. The molecule has 0 aliphatic carbocycles. The van der Waals surface area contributed by atoms with Crippen molar-refractivity contribution in [2.24, 2.45) is 0 Å². The minimum absolute atomic E-state index is 0.111. The van der Waals surface area contributed by atoms with Crippen LogP contribution in [0.5, 0.6) is 5.75 Å².